The fourth-order valence-corrected chi connectivity index (χ4v) is 6.92. The van der Waals surface area contributed by atoms with Crippen molar-refractivity contribution >= 4 is 0 Å². The summed E-state index contributed by atoms with van der Waals surface area (Å²) in [4.78, 5) is 0. The van der Waals surface area contributed by atoms with Gasteiger partial charge in [-0.3, -0.25) is 0 Å². The van der Waals surface area contributed by atoms with E-state index in [2.05, 4.69) is 38.1 Å². The van der Waals surface area contributed by atoms with Crippen LogP contribution in [0.2, 0.25) is 0 Å². The van der Waals surface area contributed by atoms with Crippen LogP contribution < -0.4 is 4.74 Å². The van der Waals surface area contributed by atoms with Crippen LogP contribution in [0.5, 0.6) is 5.75 Å². The molecule has 3 heteroatoms. The molecule has 2 saturated carbocycles. The van der Waals surface area contributed by atoms with Crippen molar-refractivity contribution in [3.05, 3.63) is 53.1 Å². The molecule has 2 aliphatic carbocycles. The van der Waals surface area contributed by atoms with E-state index in [-0.39, 0.29) is 0 Å². The molecule has 2 aromatic rings. The van der Waals surface area contributed by atoms with Gasteiger partial charge >= 0.3 is 0 Å². The van der Waals surface area contributed by atoms with E-state index in [9.17, 15) is 10.5 Å². The second-order valence-electron chi connectivity index (χ2n) is 11.9. The molecule has 0 bridgehead atoms. The Balaban J connectivity index is 1.37. The minimum Gasteiger partial charge on any atom is -0.493 e. The van der Waals surface area contributed by atoms with E-state index in [1.165, 1.54) is 77.0 Å². The highest BCUT2D eigenvalue weighted by molar-refractivity contribution is 5.75. The number of ether oxygens (including phenoxy) is 1. The maximum atomic E-state index is 10.1. The van der Waals surface area contributed by atoms with Gasteiger partial charge in [-0.25, -0.2) is 0 Å². The third kappa shape index (κ3) is 7.20. The number of hydrogen-bond donors (Lipinski definition) is 0. The Kier molecular flexibility index (Phi) is 10.7. The second kappa shape index (κ2) is 14.4. The molecular weight excluding hydrogens is 464 g/mol. The van der Waals surface area contributed by atoms with Crippen LogP contribution in [0.15, 0.2) is 36.4 Å². The summed E-state index contributed by atoms with van der Waals surface area (Å²) in [6, 6.07) is 17.0. The molecule has 3 nitrogen and oxygen atoms in total. The van der Waals surface area contributed by atoms with E-state index in [1.807, 2.05) is 24.3 Å². The first-order chi connectivity index (χ1) is 18.7. The van der Waals surface area contributed by atoms with Crippen LogP contribution in [0.4, 0.5) is 0 Å². The van der Waals surface area contributed by atoms with Crippen molar-refractivity contribution in [2.45, 2.75) is 110 Å². The average molecular weight is 511 g/mol. The van der Waals surface area contributed by atoms with Crippen molar-refractivity contribution in [1.29, 1.82) is 10.5 Å². The smallest absolute Gasteiger partial charge is 0.119 e. The molecule has 0 aliphatic heterocycles. The predicted octanol–water partition coefficient (Wildman–Crippen LogP) is 9.94. The predicted molar refractivity (Wildman–Crippen MR) is 156 cm³/mol. The van der Waals surface area contributed by atoms with Gasteiger partial charge < -0.3 is 4.74 Å². The third-order valence-electron chi connectivity index (χ3n) is 9.28. The van der Waals surface area contributed by atoms with Gasteiger partial charge in [-0.15, -0.1) is 0 Å². The zero-order valence-electron chi connectivity index (χ0n) is 23.7. The zero-order valence-corrected chi connectivity index (χ0v) is 23.7. The van der Waals surface area contributed by atoms with E-state index in [0.717, 1.165) is 53.7 Å². The normalized spacial score (nSPS) is 23.4. The Hall–Kier alpha value is -2.78. The molecule has 0 radical (unpaired) electrons. The van der Waals surface area contributed by atoms with Gasteiger partial charge in [0.1, 0.15) is 17.9 Å². The number of hydrogen-bond acceptors (Lipinski definition) is 3. The Bertz CT molecular complexity index is 1090. The molecule has 0 N–H and O–H groups in total. The van der Waals surface area contributed by atoms with Crippen LogP contribution in [-0.2, 0) is 0 Å². The highest BCUT2D eigenvalue weighted by Crippen LogP contribution is 2.41. The highest BCUT2D eigenvalue weighted by atomic mass is 16.5. The summed E-state index contributed by atoms with van der Waals surface area (Å²) in [6.45, 7) is 5.33. The minimum absolute atomic E-state index is 0.390. The van der Waals surface area contributed by atoms with Gasteiger partial charge in [0.2, 0.25) is 0 Å². The second-order valence-corrected chi connectivity index (χ2v) is 11.9. The van der Waals surface area contributed by atoms with Crippen molar-refractivity contribution < 1.29 is 4.74 Å². The Morgan fingerprint density at radius 2 is 1.32 bits per heavy atom. The fraction of sp³-hybridized carbons (Fsp3) is 0.600. The van der Waals surface area contributed by atoms with Gasteiger partial charge in [-0.05, 0) is 85.5 Å². The van der Waals surface area contributed by atoms with Crippen LogP contribution in [-0.4, -0.2) is 6.61 Å². The van der Waals surface area contributed by atoms with E-state index < -0.39 is 0 Å². The molecule has 0 aromatic heterocycles. The molecular formula is C35H46N2O. The summed E-state index contributed by atoms with van der Waals surface area (Å²) in [6.07, 6.45) is 18.0. The molecule has 0 atom stereocenters. The van der Waals surface area contributed by atoms with Crippen molar-refractivity contribution in [3.8, 4) is 29.0 Å². The zero-order chi connectivity index (χ0) is 26.7. The van der Waals surface area contributed by atoms with Crippen molar-refractivity contribution in [2.24, 2.45) is 17.8 Å². The monoisotopic (exact) mass is 510 g/mol. The third-order valence-corrected chi connectivity index (χ3v) is 9.28. The first-order valence-electron chi connectivity index (χ1n) is 15.4. The van der Waals surface area contributed by atoms with Gasteiger partial charge in [0.25, 0.3) is 0 Å². The van der Waals surface area contributed by atoms with Crippen LogP contribution in [0.3, 0.4) is 0 Å². The first-order valence-corrected chi connectivity index (χ1v) is 15.4. The molecule has 0 heterocycles. The van der Waals surface area contributed by atoms with Gasteiger partial charge in [-0.2, -0.15) is 10.5 Å². The van der Waals surface area contributed by atoms with E-state index >= 15 is 0 Å². The van der Waals surface area contributed by atoms with Gasteiger partial charge in [0.05, 0.1) is 17.7 Å². The van der Waals surface area contributed by atoms with Crippen LogP contribution in [0.1, 0.15) is 126 Å². The average Bonchev–Trinajstić information content (AvgIpc) is 2.97. The Morgan fingerprint density at radius 3 is 1.95 bits per heavy atom. The molecule has 0 amide bonds. The van der Waals surface area contributed by atoms with Crippen molar-refractivity contribution in [1.82, 2.24) is 0 Å². The number of nitrogens with zero attached hydrogens (tertiary/aromatic N) is 2. The first kappa shape index (κ1) is 28.2. The van der Waals surface area contributed by atoms with Crippen LogP contribution in [0.25, 0.3) is 11.1 Å². The number of nitriles is 2. The lowest BCUT2D eigenvalue weighted by molar-refractivity contribution is 0.177. The molecule has 202 valence electrons. The van der Waals surface area contributed by atoms with Crippen LogP contribution in [0, 0.1) is 40.4 Å². The summed E-state index contributed by atoms with van der Waals surface area (Å²) in [5.41, 5.74) is 3.99. The Morgan fingerprint density at radius 1 is 0.684 bits per heavy atom. The number of unbranched alkanes of at least 4 members (excludes halogenated alkanes) is 2. The minimum atomic E-state index is 0.390. The Labute approximate surface area is 231 Å². The molecule has 2 aliphatic rings. The van der Waals surface area contributed by atoms with Crippen molar-refractivity contribution in [3.63, 3.8) is 0 Å². The van der Waals surface area contributed by atoms with E-state index in [4.69, 9.17) is 4.74 Å². The lowest BCUT2D eigenvalue weighted by atomic mass is 9.75. The summed E-state index contributed by atoms with van der Waals surface area (Å²) < 4.78 is 6.18. The molecule has 2 aromatic carbocycles. The molecule has 0 unspecified atom stereocenters. The summed E-state index contributed by atoms with van der Waals surface area (Å²) in [5.74, 6) is 3.68. The lowest BCUT2D eigenvalue weighted by Crippen LogP contribution is -2.20. The fourth-order valence-electron chi connectivity index (χ4n) is 6.92. The molecule has 0 spiro atoms. The molecule has 2 fully saturated rings. The molecule has 0 saturated heterocycles. The number of rotatable bonds is 11. The van der Waals surface area contributed by atoms with Gasteiger partial charge in [0.15, 0.2) is 0 Å². The van der Waals surface area contributed by atoms with Gasteiger partial charge in [-0.1, -0.05) is 89.5 Å². The molecule has 38 heavy (non-hydrogen) atoms. The van der Waals surface area contributed by atoms with Crippen molar-refractivity contribution in [2.75, 3.05) is 6.61 Å². The van der Waals surface area contributed by atoms with E-state index in [0.29, 0.717) is 23.0 Å². The topological polar surface area (TPSA) is 56.8 Å². The highest BCUT2D eigenvalue weighted by Gasteiger charge is 2.26. The summed E-state index contributed by atoms with van der Waals surface area (Å²) in [7, 11) is 0. The standard InChI is InChI=1S/C35H46N2O/c1-3-5-6-8-27-9-11-28(12-10-27)25-38-31-19-17-30(18-20-31)33-22-21-32(34(23-36)35(33)24-37)29-15-13-26(7-4-2)14-16-29/h17-22,26-29H,3-16,25H2,1-2H3. The van der Waals surface area contributed by atoms with Gasteiger partial charge in [0, 0.05) is 5.56 Å². The molecule has 4 rings (SSSR count). The summed E-state index contributed by atoms with van der Waals surface area (Å²) in [5, 5.41) is 20.1. The maximum Gasteiger partial charge on any atom is 0.119 e. The van der Waals surface area contributed by atoms with E-state index in [1.54, 1.807) is 0 Å². The maximum absolute atomic E-state index is 10.1. The lowest BCUT2D eigenvalue weighted by Gasteiger charge is -2.29. The summed E-state index contributed by atoms with van der Waals surface area (Å²) >= 11 is 0. The largest absolute Gasteiger partial charge is 0.493 e. The SMILES string of the molecule is CCCCCC1CCC(COc2ccc(-c3ccc(C4CCC(CCC)CC4)c(C#N)c3C#N)cc2)CC1. The van der Waals surface area contributed by atoms with Crippen LogP contribution >= 0.6 is 0 Å². The number of benzene rings is 2. The quantitative estimate of drug-likeness (QED) is 0.283.